The monoisotopic (exact) mass is 225 g/mol. The summed E-state index contributed by atoms with van der Waals surface area (Å²) in [5, 5.41) is 0. The van der Waals surface area contributed by atoms with Gasteiger partial charge in [-0.3, -0.25) is 9.59 Å². The summed E-state index contributed by atoms with van der Waals surface area (Å²) in [5.74, 6) is 1.45. The summed E-state index contributed by atoms with van der Waals surface area (Å²) in [4.78, 5) is 23.4. The second kappa shape index (κ2) is 6.02. The van der Waals surface area contributed by atoms with Gasteiger partial charge in [0.25, 0.3) is 0 Å². The first-order valence-electron chi connectivity index (χ1n) is 6.30. The van der Waals surface area contributed by atoms with E-state index in [9.17, 15) is 9.59 Å². The number of carbonyl (C=O) groups excluding carboxylic acids is 2. The molecule has 0 aromatic rings. The van der Waals surface area contributed by atoms with Gasteiger partial charge in [-0.15, -0.1) is 0 Å². The Morgan fingerprint density at radius 2 is 1.62 bits per heavy atom. The van der Waals surface area contributed by atoms with Crippen molar-refractivity contribution in [3.05, 3.63) is 0 Å². The van der Waals surface area contributed by atoms with Gasteiger partial charge in [0.1, 0.15) is 5.78 Å². The van der Waals surface area contributed by atoms with E-state index in [2.05, 4.69) is 0 Å². The summed E-state index contributed by atoms with van der Waals surface area (Å²) >= 11 is 0. The van der Waals surface area contributed by atoms with Crippen LogP contribution in [0.3, 0.4) is 0 Å². The molecule has 2 aliphatic rings. The minimum atomic E-state index is 0.292. The Bertz CT molecular complexity index is 251. The molecule has 3 heteroatoms. The van der Waals surface area contributed by atoms with Crippen molar-refractivity contribution in [3.63, 3.8) is 0 Å². The molecule has 0 spiro atoms. The van der Waals surface area contributed by atoms with E-state index in [4.69, 9.17) is 0 Å². The number of rotatable bonds is 0. The maximum atomic E-state index is 11.1. The van der Waals surface area contributed by atoms with E-state index in [1.165, 1.54) is 6.42 Å². The number of hydrogen-bond acceptors (Lipinski definition) is 2. The van der Waals surface area contributed by atoms with Crippen LogP contribution in [0, 0.1) is 11.8 Å². The Labute approximate surface area is 98.2 Å². The Balaban J connectivity index is 0.000000165. The molecule has 0 radical (unpaired) electrons. The normalized spacial score (nSPS) is 30.1. The van der Waals surface area contributed by atoms with Crippen molar-refractivity contribution in [3.8, 4) is 0 Å². The summed E-state index contributed by atoms with van der Waals surface area (Å²) in [6.45, 7) is 5.04. The van der Waals surface area contributed by atoms with Gasteiger partial charge >= 0.3 is 0 Å². The van der Waals surface area contributed by atoms with Crippen LogP contribution in [0.1, 0.15) is 46.0 Å². The first-order chi connectivity index (χ1) is 7.52. The fourth-order valence-electron chi connectivity index (χ4n) is 2.28. The molecule has 2 unspecified atom stereocenters. The van der Waals surface area contributed by atoms with E-state index < -0.39 is 0 Å². The van der Waals surface area contributed by atoms with Gasteiger partial charge in [-0.1, -0.05) is 20.3 Å². The molecule has 1 amide bonds. The van der Waals surface area contributed by atoms with Crippen molar-refractivity contribution in [2.24, 2.45) is 11.8 Å². The molecule has 3 nitrogen and oxygen atoms in total. The summed E-state index contributed by atoms with van der Waals surface area (Å²) in [6.07, 6.45) is 5.28. The molecule has 0 aromatic heterocycles. The average Bonchev–Trinajstić information content (AvgIpc) is 2.61. The van der Waals surface area contributed by atoms with E-state index >= 15 is 0 Å². The van der Waals surface area contributed by atoms with Gasteiger partial charge in [-0.25, -0.2) is 0 Å². The Hall–Kier alpha value is -0.860. The minimum Gasteiger partial charge on any atom is -0.346 e. The van der Waals surface area contributed by atoms with Crippen LogP contribution >= 0.6 is 0 Å². The highest BCUT2D eigenvalue weighted by Crippen LogP contribution is 2.24. The lowest BCUT2D eigenvalue weighted by Gasteiger charge is -2.21. The highest BCUT2D eigenvalue weighted by Gasteiger charge is 2.23. The summed E-state index contributed by atoms with van der Waals surface area (Å²) in [6, 6.07) is 0. The third-order valence-electron chi connectivity index (χ3n) is 3.56. The maximum Gasteiger partial charge on any atom is 0.222 e. The van der Waals surface area contributed by atoms with E-state index in [1.807, 2.05) is 20.9 Å². The van der Waals surface area contributed by atoms with Gasteiger partial charge in [0.2, 0.25) is 5.91 Å². The summed E-state index contributed by atoms with van der Waals surface area (Å²) in [5.41, 5.74) is 0. The molecular formula is C13H23NO2. The van der Waals surface area contributed by atoms with Crippen LogP contribution in [-0.4, -0.2) is 30.2 Å². The number of ketones is 1. The standard InChI is InChI=1S/C8H14O.C5H9NO/c1-6-4-3-5-7(2)8(6)9;1-6-4-2-3-5(6)7/h6-7H,3-5H2,1-2H3;2-4H2,1H3. The van der Waals surface area contributed by atoms with Gasteiger partial charge in [-0.05, 0) is 19.3 Å². The molecule has 2 fully saturated rings. The highest BCUT2D eigenvalue weighted by atomic mass is 16.2. The predicted octanol–water partition coefficient (Wildman–Crippen LogP) is 2.25. The van der Waals surface area contributed by atoms with Crippen LogP contribution in [0.2, 0.25) is 0 Å². The van der Waals surface area contributed by atoms with Gasteiger partial charge < -0.3 is 4.90 Å². The number of nitrogens with zero attached hydrogens (tertiary/aromatic N) is 1. The van der Waals surface area contributed by atoms with Crippen LogP contribution in [0.4, 0.5) is 0 Å². The van der Waals surface area contributed by atoms with Crippen molar-refractivity contribution in [1.29, 1.82) is 0 Å². The van der Waals surface area contributed by atoms with E-state index in [1.54, 1.807) is 4.90 Å². The first-order valence-corrected chi connectivity index (χ1v) is 6.30. The van der Waals surface area contributed by atoms with E-state index in [0.717, 1.165) is 32.2 Å². The van der Waals surface area contributed by atoms with Gasteiger partial charge in [0.15, 0.2) is 0 Å². The largest absolute Gasteiger partial charge is 0.346 e. The second-order valence-electron chi connectivity index (χ2n) is 5.05. The summed E-state index contributed by atoms with van der Waals surface area (Å²) in [7, 11) is 1.84. The predicted molar refractivity (Wildman–Crippen MR) is 64.1 cm³/mol. The van der Waals surface area contributed by atoms with Crippen molar-refractivity contribution in [2.75, 3.05) is 13.6 Å². The molecular weight excluding hydrogens is 202 g/mol. The van der Waals surface area contributed by atoms with Crippen LogP contribution < -0.4 is 0 Å². The van der Waals surface area contributed by atoms with Gasteiger partial charge in [-0.2, -0.15) is 0 Å². The SMILES string of the molecule is CC1CCCC(C)C1=O.CN1CCCC1=O. The molecule has 2 atom stereocenters. The zero-order valence-electron chi connectivity index (χ0n) is 10.7. The van der Waals surface area contributed by atoms with Crippen LogP contribution in [0.15, 0.2) is 0 Å². The van der Waals surface area contributed by atoms with Crippen molar-refractivity contribution in [2.45, 2.75) is 46.0 Å². The van der Waals surface area contributed by atoms with Crippen molar-refractivity contribution < 1.29 is 9.59 Å². The fraction of sp³-hybridized carbons (Fsp3) is 0.846. The molecule has 1 saturated heterocycles. The molecule has 2 rings (SSSR count). The average molecular weight is 225 g/mol. The van der Waals surface area contributed by atoms with Crippen molar-refractivity contribution >= 4 is 11.7 Å². The fourth-order valence-corrected chi connectivity index (χ4v) is 2.28. The maximum absolute atomic E-state index is 11.1. The molecule has 92 valence electrons. The Morgan fingerprint density at radius 3 is 1.88 bits per heavy atom. The Morgan fingerprint density at radius 1 is 1.06 bits per heavy atom. The summed E-state index contributed by atoms with van der Waals surface area (Å²) < 4.78 is 0. The lowest BCUT2D eigenvalue weighted by atomic mass is 9.82. The van der Waals surface area contributed by atoms with Crippen molar-refractivity contribution in [1.82, 2.24) is 4.90 Å². The number of carbonyl (C=O) groups is 2. The lowest BCUT2D eigenvalue weighted by molar-refractivity contribution is -0.128. The van der Waals surface area contributed by atoms with E-state index in [-0.39, 0.29) is 0 Å². The smallest absolute Gasteiger partial charge is 0.222 e. The number of likely N-dealkylation sites (tertiary alicyclic amines) is 1. The number of hydrogen-bond donors (Lipinski definition) is 0. The first kappa shape index (κ1) is 13.2. The third kappa shape index (κ3) is 3.62. The Kier molecular flexibility index (Phi) is 4.97. The van der Waals surface area contributed by atoms with Crippen LogP contribution in [0.5, 0.6) is 0 Å². The number of amides is 1. The zero-order chi connectivity index (χ0) is 12.1. The lowest BCUT2D eigenvalue weighted by Crippen LogP contribution is -2.23. The molecule has 0 aromatic carbocycles. The van der Waals surface area contributed by atoms with Gasteiger partial charge in [0, 0.05) is 31.8 Å². The minimum absolute atomic E-state index is 0.292. The molecule has 1 heterocycles. The van der Waals surface area contributed by atoms with Crippen LogP contribution in [0.25, 0.3) is 0 Å². The quantitative estimate of drug-likeness (QED) is 0.634. The third-order valence-corrected chi connectivity index (χ3v) is 3.56. The van der Waals surface area contributed by atoms with E-state index in [0.29, 0.717) is 23.5 Å². The molecule has 0 bridgehead atoms. The van der Waals surface area contributed by atoms with Crippen LogP contribution in [-0.2, 0) is 9.59 Å². The number of Topliss-reactive ketones (excluding diaryl/α,β-unsaturated/α-hetero) is 1. The molecule has 1 aliphatic carbocycles. The van der Waals surface area contributed by atoms with Gasteiger partial charge in [0.05, 0.1) is 0 Å². The second-order valence-corrected chi connectivity index (χ2v) is 5.05. The zero-order valence-corrected chi connectivity index (χ0v) is 10.7. The molecule has 0 N–H and O–H groups in total. The molecule has 1 saturated carbocycles. The molecule has 16 heavy (non-hydrogen) atoms. The topological polar surface area (TPSA) is 37.4 Å². The molecule has 1 aliphatic heterocycles. The highest BCUT2D eigenvalue weighted by molar-refractivity contribution is 5.83.